The first-order valence-electron chi connectivity index (χ1n) is 9.36. The molecular formula is C19H28N2O3S. The molecule has 1 saturated heterocycles. The van der Waals surface area contributed by atoms with E-state index in [2.05, 4.69) is 5.32 Å². The van der Waals surface area contributed by atoms with E-state index in [1.165, 1.54) is 11.3 Å². The van der Waals surface area contributed by atoms with E-state index in [0.29, 0.717) is 17.9 Å². The van der Waals surface area contributed by atoms with E-state index in [4.69, 9.17) is 4.74 Å². The first-order valence-corrected chi connectivity index (χ1v) is 10.2. The maximum atomic E-state index is 13.2. The fourth-order valence-electron chi connectivity index (χ4n) is 3.81. The van der Waals surface area contributed by atoms with Gasteiger partial charge in [0.15, 0.2) is 0 Å². The van der Waals surface area contributed by atoms with Gasteiger partial charge in [0.25, 0.3) is 5.91 Å². The van der Waals surface area contributed by atoms with Gasteiger partial charge < -0.3 is 10.1 Å². The third-order valence-corrected chi connectivity index (χ3v) is 6.40. The van der Waals surface area contributed by atoms with Crippen LogP contribution in [0.1, 0.15) is 68.5 Å². The van der Waals surface area contributed by atoms with Gasteiger partial charge in [-0.3, -0.25) is 14.5 Å². The van der Waals surface area contributed by atoms with Crippen LogP contribution < -0.4 is 5.32 Å². The second-order valence-electron chi connectivity index (χ2n) is 7.20. The number of rotatable bonds is 6. The number of hydrogen-bond donors (Lipinski definition) is 1. The zero-order valence-corrected chi connectivity index (χ0v) is 15.9. The Bertz CT molecular complexity index is 592. The van der Waals surface area contributed by atoms with Crippen LogP contribution in [0.5, 0.6) is 0 Å². The van der Waals surface area contributed by atoms with Crippen LogP contribution >= 0.6 is 11.3 Å². The molecular weight excluding hydrogens is 336 g/mol. The first-order chi connectivity index (χ1) is 12.1. The second kappa shape index (κ2) is 7.87. The molecule has 1 N–H and O–H groups in total. The SMILES string of the molecule is CC[C@@](C)(C(=O)NC1CCCC1)N(C(=O)c1cccs1)[C@H]1CCCO1. The van der Waals surface area contributed by atoms with Crippen LogP contribution in [0.15, 0.2) is 17.5 Å². The Kier molecular flexibility index (Phi) is 5.79. The third-order valence-electron chi connectivity index (χ3n) is 5.54. The fraction of sp³-hybridized carbons (Fsp3) is 0.684. The number of nitrogens with zero attached hydrogens (tertiary/aromatic N) is 1. The molecule has 25 heavy (non-hydrogen) atoms. The van der Waals surface area contributed by atoms with E-state index in [1.54, 1.807) is 4.90 Å². The summed E-state index contributed by atoms with van der Waals surface area (Å²) in [6.07, 6.45) is 6.33. The Morgan fingerprint density at radius 2 is 2.08 bits per heavy atom. The van der Waals surface area contributed by atoms with Crippen LogP contribution in [0, 0.1) is 0 Å². The van der Waals surface area contributed by atoms with Crippen molar-refractivity contribution in [2.75, 3.05) is 6.61 Å². The minimum absolute atomic E-state index is 0.0534. The molecule has 5 nitrogen and oxygen atoms in total. The predicted molar refractivity (Wildman–Crippen MR) is 98.6 cm³/mol. The molecule has 1 aromatic rings. The Balaban J connectivity index is 1.87. The zero-order chi connectivity index (χ0) is 17.9. The van der Waals surface area contributed by atoms with Crippen LogP contribution in [0.3, 0.4) is 0 Å². The van der Waals surface area contributed by atoms with Gasteiger partial charge in [0.05, 0.1) is 4.88 Å². The van der Waals surface area contributed by atoms with Gasteiger partial charge in [-0.1, -0.05) is 25.8 Å². The monoisotopic (exact) mass is 364 g/mol. The van der Waals surface area contributed by atoms with E-state index in [-0.39, 0.29) is 24.1 Å². The third kappa shape index (κ3) is 3.75. The summed E-state index contributed by atoms with van der Waals surface area (Å²) in [5.74, 6) is -0.157. The molecule has 1 aliphatic heterocycles. The highest BCUT2D eigenvalue weighted by Crippen LogP contribution is 2.31. The molecule has 2 fully saturated rings. The lowest BCUT2D eigenvalue weighted by Crippen LogP contribution is -2.62. The molecule has 1 aliphatic carbocycles. The van der Waals surface area contributed by atoms with Crippen molar-refractivity contribution in [2.24, 2.45) is 0 Å². The summed E-state index contributed by atoms with van der Waals surface area (Å²) in [5.41, 5.74) is -0.904. The number of hydrogen-bond acceptors (Lipinski definition) is 4. The summed E-state index contributed by atoms with van der Waals surface area (Å²) >= 11 is 1.41. The van der Waals surface area contributed by atoms with Crippen LogP contribution in [0.25, 0.3) is 0 Å². The van der Waals surface area contributed by atoms with E-state index in [9.17, 15) is 9.59 Å². The molecule has 6 heteroatoms. The summed E-state index contributed by atoms with van der Waals surface area (Å²) in [6.45, 7) is 4.49. The normalized spacial score (nSPS) is 23.4. The molecule has 0 unspecified atom stereocenters. The summed E-state index contributed by atoms with van der Waals surface area (Å²) in [5, 5.41) is 5.08. The molecule has 3 rings (SSSR count). The van der Waals surface area contributed by atoms with Gasteiger partial charge in [-0.05, 0) is 50.5 Å². The largest absolute Gasteiger partial charge is 0.358 e. The molecule has 2 amide bonds. The van der Waals surface area contributed by atoms with Crippen molar-refractivity contribution in [3.63, 3.8) is 0 Å². The summed E-state index contributed by atoms with van der Waals surface area (Å²) in [4.78, 5) is 28.7. The minimum atomic E-state index is -0.904. The second-order valence-corrected chi connectivity index (χ2v) is 8.15. The summed E-state index contributed by atoms with van der Waals surface area (Å²) < 4.78 is 5.83. The van der Waals surface area contributed by atoms with Gasteiger partial charge in [0.2, 0.25) is 5.91 Å². The Morgan fingerprint density at radius 1 is 1.32 bits per heavy atom. The molecule has 2 heterocycles. The molecule has 0 spiro atoms. The van der Waals surface area contributed by atoms with E-state index in [1.807, 2.05) is 31.4 Å². The number of thiophene rings is 1. The summed E-state index contributed by atoms with van der Waals surface area (Å²) in [7, 11) is 0. The maximum Gasteiger partial charge on any atom is 0.266 e. The number of nitrogens with one attached hydrogen (secondary N) is 1. The Hall–Kier alpha value is -1.40. The molecule has 0 radical (unpaired) electrons. The van der Waals surface area contributed by atoms with Crippen molar-refractivity contribution in [2.45, 2.75) is 76.6 Å². The highest BCUT2D eigenvalue weighted by atomic mass is 32.1. The quantitative estimate of drug-likeness (QED) is 0.840. The van der Waals surface area contributed by atoms with E-state index in [0.717, 1.165) is 38.5 Å². The van der Waals surface area contributed by atoms with Gasteiger partial charge in [0, 0.05) is 12.6 Å². The van der Waals surface area contributed by atoms with Gasteiger partial charge in [-0.15, -0.1) is 11.3 Å². The number of amides is 2. The highest BCUT2D eigenvalue weighted by molar-refractivity contribution is 7.12. The van der Waals surface area contributed by atoms with Crippen molar-refractivity contribution in [1.82, 2.24) is 10.2 Å². The molecule has 1 saturated carbocycles. The average molecular weight is 365 g/mol. The van der Waals surface area contributed by atoms with Gasteiger partial charge in [-0.2, -0.15) is 0 Å². The van der Waals surface area contributed by atoms with Crippen molar-refractivity contribution in [3.05, 3.63) is 22.4 Å². The lowest BCUT2D eigenvalue weighted by atomic mass is 9.93. The molecule has 2 aliphatic rings. The molecule has 138 valence electrons. The van der Waals surface area contributed by atoms with E-state index >= 15 is 0 Å². The highest BCUT2D eigenvalue weighted by Gasteiger charge is 2.46. The average Bonchev–Trinajstić information content (AvgIpc) is 3.36. The lowest BCUT2D eigenvalue weighted by Gasteiger charge is -2.42. The molecule has 0 bridgehead atoms. The summed E-state index contributed by atoms with van der Waals surface area (Å²) in [6, 6.07) is 3.93. The first kappa shape index (κ1) is 18.4. The van der Waals surface area contributed by atoms with Gasteiger partial charge in [0.1, 0.15) is 11.8 Å². The topological polar surface area (TPSA) is 58.6 Å². The zero-order valence-electron chi connectivity index (χ0n) is 15.1. The molecule has 1 aromatic heterocycles. The van der Waals surface area contributed by atoms with Crippen LogP contribution in [0.4, 0.5) is 0 Å². The van der Waals surface area contributed by atoms with E-state index < -0.39 is 5.54 Å². The Morgan fingerprint density at radius 3 is 2.64 bits per heavy atom. The van der Waals surface area contributed by atoms with Gasteiger partial charge >= 0.3 is 0 Å². The lowest BCUT2D eigenvalue weighted by molar-refractivity contribution is -0.139. The molecule has 2 atom stereocenters. The predicted octanol–water partition coefficient (Wildman–Crippen LogP) is 3.55. The van der Waals surface area contributed by atoms with Crippen molar-refractivity contribution in [1.29, 1.82) is 0 Å². The van der Waals surface area contributed by atoms with Crippen molar-refractivity contribution < 1.29 is 14.3 Å². The van der Waals surface area contributed by atoms with Gasteiger partial charge in [-0.25, -0.2) is 0 Å². The molecule has 0 aromatic carbocycles. The van der Waals surface area contributed by atoms with Crippen LogP contribution in [0.2, 0.25) is 0 Å². The standard InChI is InChI=1S/C19H28N2O3S/c1-3-19(2,18(23)20-14-8-4-5-9-14)21(16-11-6-12-24-16)17(22)15-10-7-13-25-15/h7,10,13-14,16H,3-6,8-9,11-12H2,1-2H3,(H,20,23)/t16-,19+/m1/s1. The fourth-order valence-corrected chi connectivity index (χ4v) is 4.47. The minimum Gasteiger partial charge on any atom is -0.358 e. The number of carbonyl (C=O) groups excluding carboxylic acids is 2. The van der Waals surface area contributed by atoms with Crippen molar-refractivity contribution >= 4 is 23.2 Å². The number of carbonyl (C=O) groups is 2. The maximum absolute atomic E-state index is 13.2. The Labute approximate surface area is 153 Å². The smallest absolute Gasteiger partial charge is 0.266 e. The van der Waals surface area contributed by atoms with Crippen LogP contribution in [-0.4, -0.2) is 41.1 Å². The van der Waals surface area contributed by atoms with Crippen LogP contribution in [-0.2, 0) is 9.53 Å². The van der Waals surface area contributed by atoms with Crippen molar-refractivity contribution in [3.8, 4) is 0 Å². The number of ether oxygens (including phenoxy) is 1.